The van der Waals surface area contributed by atoms with E-state index >= 15 is 0 Å². The fraction of sp³-hybridized carbons (Fsp3) is 0.182. The van der Waals surface area contributed by atoms with Crippen molar-refractivity contribution in [3.05, 3.63) is 59.2 Å². The van der Waals surface area contributed by atoms with Crippen LogP contribution >= 0.6 is 0 Å². The Morgan fingerprint density at radius 1 is 1.04 bits per heavy atom. The van der Waals surface area contributed by atoms with Gasteiger partial charge >= 0.3 is 0 Å². The lowest BCUT2D eigenvalue weighted by Crippen LogP contribution is -2.09. The van der Waals surface area contributed by atoms with Crippen molar-refractivity contribution >= 4 is 33.7 Å². The Morgan fingerprint density at radius 2 is 1.85 bits per heavy atom. The van der Waals surface area contributed by atoms with Gasteiger partial charge in [-0.1, -0.05) is 18.2 Å². The van der Waals surface area contributed by atoms with Crippen LogP contribution in [-0.2, 0) is 12.8 Å². The molecule has 0 fully saturated rings. The van der Waals surface area contributed by atoms with E-state index in [1.807, 2.05) is 18.2 Å². The number of para-hydroxylation sites is 1. The molecule has 0 amide bonds. The zero-order chi connectivity index (χ0) is 17.7. The highest BCUT2D eigenvalue weighted by Gasteiger charge is 2.22. The fourth-order valence-electron chi connectivity index (χ4n) is 4.24. The van der Waals surface area contributed by atoms with Crippen LogP contribution in [0, 0.1) is 5.41 Å². The molecule has 4 N–H and O–H groups in total. The Morgan fingerprint density at radius 3 is 2.65 bits per heavy atom. The molecule has 0 bridgehead atoms. The molecule has 0 atom stereocenters. The van der Waals surface area contributed by atoms with E-state index < -0.39 is 0 Å². The normalized spacial score (nSPS) is 13.8. The highest BCUT2D eigenvalue weighted by atomic mass is 14.8. The Hall–Kier alpha value is -3.14. The molecule has 4 heteroatoms. The van der Waals surface area contributed by atoms with Gasteiger partial charge in [0.1, 0.15) is 0 Å². The number of aromatic amines is 1. The predicted molar refractivity (Wildman–Crippen MR) is 108 cm³/mol. The van der Waals surface area contributed by atoms with E-state index in [-0.39, 0.29) is 0 Å². The van der Waals surface area contributed by atoms with Crippen molar-refractivity contribution in [2.75, 3.05) is 5.73 Å². The van der Waals surface area contributed by atoms with Crippen LogP contribution in [0.1, 0.15) is 29.5 Å². The molecule has 0 saturated carbocycles. The summed E-state index contributed by atoms with van der Waals surface area (Å²) in [5.41, 5.74) is 14.4. The van der Waals surface area contributed by atoms with E-state index in [9.17, 15) is 0 Å². The number of nitrogens with zero attached hydrogens (tertiary/aromatic N) is 1. The molecule has 2 aromatic heterocycles. The van der Waals surface area contributed by atoms with Crippen molar-refractivity contribution in [2.24, 2.45) is 0 Å². The van der Waals surface area contributed by atoms with Gasteiger partial charge < -0.3 is 16.1 Å². The minimum atomic E-state index is 0.653. The summed E-state index contributed by atoms with van der Waals surface area (Å²) in [6.07, 6.45) is 5.76. The number of nitrogen functional groups attached to an aromatic ring is 1. The summed E-state index contributed by atoms with van der Waals surface area (Å²) < 4.78 is 0. The minimum Gasteiger partial charge on any atom is -0.398 e. The number of aryl methyl sites for hydroxylation is 1. The molecule has 0 unspecified atom stereocenters. The molecule has 4 nitrogen and oxygen atoms in total. The van der Waals surface area contributed by atoms with Crippen LogP contribution in [0.5, 0.6) is 0 Å². The number of nitrogens with two attached hydrogens (primary N) is 1. The quantitative estimate of drug-likeness (QED) is 0.360. The first-order valence-electron chi connectivity index (χ1n) is 9.09. The van der Waals surface area contributed by atoms with Gasteiger partial charge in [0, 0.05) is 33.8 Å². The molecule has 1 aliphatic rings. The first kappa shape index (κ1) is 15.1. The molecular weight excluding hydrogens is 320 g/mol. The summed E-state index contributed by atoms with van der Waals surface area (Å²) >= 11 is 0. The highest BCUT2D eigenvalue weighted by molar-refractivity contribution is 6.05. The van der Waals surface area contributed by atoms with Crippen molar-refractivity contribution < 1.29 is 0 Å². The van der Waals surface area contributed by atoms with E-state index in [4.69, 9.17) is 16.1 Å². The monoisotopic (exact) mass is 340 g/mol. The number of rotatable bonds is 2. The maximum absolute atomic E-state index is 7.84. The summed E-state index contributed by atoms with van der Waals surface area (Å²) in [7, 11) is 0. The van der Waals surface area contributed by atoms with Gasteiger partial charge in [0.15, 0.2) is 0 Å². The number of anilines is 1. The molecule has 0 aliphatic heterocycles. The maximum Gasteiger partial charge on any atom is 0.0907 e. The number of benzene rings is 2. The fourth-order valence-corrected chi connectivity index (χ4v) is 4.24. The standard InChI is InChI=1S/C22H20N4/c23-12-16-17(24)9-10-19-21(16)14-6-2-3-7-15(14)22(26-19)20-11-13-5-1-4-8-18(13)25-20/h1,4-5,8-12,23,25H,2-3,6-7,24H2. The zero-order valence-electron chi connectivity index (χ0n) is 14.5. The first-order chi connectivity index (χ1) is 12.8. The SMILES string of the molecule is N=Cc1c(N)ccc2nc(-c3cc4ccccc4[nH]3)c3c(c12)CCCC3. The molecule has 4 aromatic rings. The molecule has 2 heterocycles. The molecule has 1 aliphatic carbocycles. The Labute approximate surface area is 151 Å². The van der Waals surface area contributed by atoms with Gasteiger partial charge in [0.2, 0.25) is 0 Å². The average Bonchev–Trinajstić information content (AvgIpc) is 3.11. The Balaban J connectivity index is 1.86. The molecular formula is C22H20N4. The number of H-pyrrole nitrogens is 1. The predicted octanol–water partition coefficient (Wildman–Crippen LogP) is 4.84. The van der Waals surface area contributed by atoms with Crippen LogP contribution in [-0.4, -0.2) is 16.2 Å². The van der Waals surface area contributed by atoms with Crippen molar-refractivity contribution in [2.45, 2.75) is 25.7 Å². The van der Waals surface area contributed by atoms with Crippen LogP contribution in [0.4, 0.5) is 5.69 Å². The number of pyridine rings is 1. The van der Waals surface area contributed by atoms with Gasteiger partial charge in [0.25, 0.3) is 0 Å². The zero-order valence-corrected chi connectivity index (χ0v) is 14.5. The van der Waals surface area contributed by atoms with Crippen LogP contribution < -0.4 is 5.73 Å². The largest absolute Gasteiger partial charge is 0.398 e. The minimum absolute atomic E-state index is 0.653. The van der Waals surface area contributed by atoms with Gasteiger partial charge in [-0.05, 0) is 61.1 Å². The number of hydrogen-bond donors (Lipinski definition) is 3. The number of fused-ring (bicyclic) bond motifs is 4. The van der Waals surface area contributed by atoms with Crippen molar-refractivity contribution in [1.29, 1.82) is 5.41 Å². The summed E-state index contributed by atoms with van der Waals surface area (Å²) in [6, 6.07) is 14.4. The van der Waals surface area contributed by atoms with Crippen LogP contribution in [0.25, 0.3) is 33.2 Å². The first-order valence-corrected chi connectivity index (χ1v) is 9.09. The molecule has 0 saturated heterocycles. The second kappa shape index (κ2) is 5.70. The van der Waals surface area contributed by atoms with Crippen LogP contribution in [0.3, 0.4) is 0 Å². The smallest absolute Gasteiger partial charge is 0.0907 e. The summed E-state index contributed by atoms with van der Waals surface area (Å²) in [5.74, 6) is 0. The second-order valence-electron chi connectivity index (χ2n) is 7.00. The van der Waals surface area contributed by atoms with Gasteiger partial charge in [0.05, 0.1) is 16.9 Å². The van der Waals surface area contributed by atoms with Gasteiger partial charge in [-0.2, -0.15) is 0 Å². The summed E-state index contributed by atoms with van der Waals surface area (Å²) in [5, 5.41) is 10.1. The highest BCUT2D eigenvalue weighted by Crippen LogP contribution is 2.37. The third-order valence-corrected chi connectivity index (χ3v) is 5.47. The molecule has 5 rings (SSSR count). The molecule has 2 aromatic carbocycles. The van der Waals surface area contributed by atoms with Crippen LogP contribution in [0.15, 0.2) is 42.5 Å². The Kier molecular flexibility index (Phi) is 3.32. The van der Waals surface area contributed by atoms with Gasteiger partial charge in [-0.15, -0.1) is 0 Å². The van der Waals surface area contributed by atoms with E-state index in [0.29, 0.717) is 5.69 Å². The third kappa shape index (κ3) is 2.15. The van der Waals surface area contributed by atoms with Gasteiger partial charge in [-0.25, -0.2) is 4.98 Å². The van der Waals surface area contributed by atoms with Crippen LogP contribution in [0.2, 0.25) is 0 Å². The third-order valence-electron chi connectivity index (χ3n) is 5.47. The maximum atomic E-state index is 7.84. The van der Waals surface area contributed by atoms with Crippen molar-refractivity contribution in [3.8, 4) is 11.4 Å². The van der Waals surface area contributed by atoms with E-state index in [1.54, 1.807) is 0 Å². The number of hydrogen-bond acceptors (Lipinski definition) is 3. The molecule has 128 valence electrons. The summed E-state index contributed by atoms with van der Waals surface area (Å²) in [6.45, 7) is 0. The van der Waals surface area contributed by atoms with Gasteiger partial charge in [-0.3, -0.25) is 0 Å². The van der Waals surface area contributed by atoms with Crippen molar-refractivity contribution in [1.82, 2.24) is 9.97 Å². The van der Waals surface area contributed by atoms with E-state index in [0.717, 1.165) is 46.2 Å². The average molecular weight is 340 g/mol. The lowest BCUT2D eigenvalue weighted by molar-refractivity contribution is 0.689. The lowest BCUT2D eigenvalue weighted by atomic mass is 9.85. The second-order valence-corrected chi connectivity index (χ2v) is 7.00. The number of aromatic nitrogens is 2. The van der Waals surface area contributed by atoms with Crippen molar-refractivity contribution in [3.63, 3.8) is 0 Å². The summed E-state index contributed by atoms with van der Waals surface area (Å²) in [4.78, 5) is 8.55. The molecule has 0 spiro atoms. The number of nitrogens with one attached hydrogen (secondary N) is 2. The molecule has 0 radical (unpaired) electrons. The molecule has 26 heavy (non-hydrogen) atoms. The van der Waals surface area contributed by atoms with E-state index in [1.165, 1.54) is 35.6 Å². The van der Waals surface area contributed by atoms with E-state index in [2.05, 4.69) is 29.2 Å². The Bertz CT molecular complexity index is 1140. The lowest BCUT2D eigenvalue weighted by Gasteiger charge is -2.22. The topological polar surface area (TPSA) is 78.6 Å².